The van der Waals surface area contributed by atoms with Gasteiger partial charge in [0.1, 0.15) is 0 Å². The van der Waals surface area contributed by atoms with Crippen LogP contribution in [0.1, 0.15) is 36.0 Å². The molecule has 0 saturated carbocycles. The summed E-state index contributed by atoms with van der Waals surface area (Å²) in [6.45, 7) is 5.12. The van der Waals surface area contributed by atoms with Gasteiger partial charge in [-0.15, -0.1) is 5.11 Å². The standard InChI is InChI=1S/C24H29N5O2/c1-18-10-15-23(30)29(18)17-7-6-16-25-24(31)21-8-4-5-9-22(21)27-26-19-11-13-20(14-12-19)28(2)3/h4-5,8-9,11-14H,1,6-7,10,15-17H2,2-3H3,(H,25,31). The molecule has 0 aromatic heterocycles. The van der Waals surface area contributed by atoms with Gasteiger partial charge in [-0.25, -0.2) is 0 Å². The van der Waals surface area contributed by atoms with Crippen LogP contribution in [0.3, 0.4) is 0 Å². The second-order valence-corrected chi connectivity index (χ2v) is 7.70. The first-order valence-corrected chi connectivity index (χ1v) is 10.5. The van der Waals surface area contributed by atoms with E-state index in [9.17, 15) is 9.59 Å². The molecule has 1 saturated heterocycles. The Morgan fingerprint density at radius 2 is 1.81 bits per heavy atom. The van der Waals surface area contributed by atoms with Crippen LogP contribution in [0.4, 0.5) is 17.1 Å². The lowest BCUT2D eigenvalue weighted by atomic mass is 10.1. The Bertz CT molecular complexity index is 950. The molecule has 31 heavy (non-hydrogen) atoms. The first-order chi connectivity index (χ1) is 15.0. The zero-order chi connectivity index (χ0) is 22.2. The number of anilines is 1. The summed E-state index contributed by atoms with van der Waals surface area (Å²) in [5, 5.41) is 11.5. The van der Waals surface area contributed by atoms with Crippen LogP contribution in [-0.4, -0.2) is 43.9 Å². The van der Waals surface area contributed by atoms with E-state index >= 15 is 0 Å². The van der Waals surface area contributed by atoms with Gasteiger partial charge in [0.2, 0.25) is 5.91 Å². The number of rotatable bonds is 9. The van der Waals surface area contributed by atoms with Gasteiger partial charge in [0.15, 0.2) is 0 Å². The van der Waals surface area contributed by atoms with E-state index in [0.29, 0.717) is 30.8 Å². The maximum atomic E-state index is 12.6. The largest absolute Gasteiger partial charge is 0.378 e. The molecule has 0 atom stereocenters. The summed E-state index contributed by atoms with van der Waals surface area (Å²) >= 11 is 0. The molecule has 1 fully saturated rings. The highest BCUT2D eigenvalue weighted by Crippen LogP contribution is 2.24. The normalized spacial score (nSPS) is 13.8. The van der Waals surface area contributed by atoms with Crippen molar-refractivity contribution in [3.8, 4) is 0 Å². The highest BCUT2D eigenvalue weighted by molar-refractivity contribution is 5.98. The van der Waals surface area contributed by atoms with Crippen molar-refractivity contribution in [2.75, 3.05) is 32.1 Å². The number of nitrogens with one attached hydrogen (secondary N) is 1. The summed E-state index contributed by atoms with van der Waals surface area (Å²) in [7, 11) is 3.96. The fraction of sp³-hybridized carbons (Fsp3) is 0.333. The smallest absolute Gasteiger partial charge is 0.253 e. The molecule has 7 heteroatoms. The number of hydrogen-bond acceptors (Lipinski definition) is 5. The zero-order valence-corrected chi connectivity index (χ0v) is 18.2. The Morgan fingerprint density at radius 1 is 1.06 bits per heavy atom. The summed E-state index contributed by atoms with van der Waals surface area (Å²) < 4.78 is 0. The van der Waals surface area contributed by atoms with Crippen molar-refractivity contribution >= 4 is 28.9 Å². The van der Waals surface area contributed by atoms with Crippen LogP contribution in [-0.2, 0) is 4.79 Å². The summed E-state index contributed by atoms with van der Waals surface area (Å²) in [6.07, 6.45) is 2.90. The van der Waals surface area contributed by atoms with E-state index in [0.717, 1.165) is 36.3 Å². The lowest BCUT2D eigenvalue weighted by Crippen LogP contribution is -2.27. The van der Waals surface area contributed by atoms with Crippen molar-refractivity contribution in [2.45, 2.75) is 25.7 Å². The molecule has 1 N–H and O–H groups in total. The van der Waals surface area contributed by atoms with Gasteiger partial charge in [-0.05, 0) is 55.7 Å². The Morgan fingerprint density at radius 3 is 2.48 bits per heavy atom. The number of carbonyl (C=O) groups is 2. The van der Waals surface area contributed by atoms with Gasteiger partial charge in [0, 0.05) is 45.0 Å². The minimum atomic E-state index is -0.181. The SMILES string of the molecule is C=C1CCC(=O)N1CCCCNC(=O)c1ccccc1N=Nc1ccc(N(C)C)cc1. The molecule has 0 spiro atoms. The summed E-state index contributed by atoms with van der Waals surface area (Å²) in [4.78, 5) is 28.2. The Balaban J connectivity index is 1.52. The molecular formula is C24H29N5O2. The van der Waals surface area contributed by atoms with E-state index < -0.39 is 0 Å². The Labute approximate surface area is 183 Å². The van der Waals surface area contributed by atoms with Crippen molar-refractivity contribution in [1.29, 1.82) is 0 Å². The van der Waals surface area contributed by atoms with Gasteiger partial charge in [0.25, 0.3) is 5.91 Å². The van der Waals surface area contributed by atoms with E-state index in [1.54, 1.807) is 17.0 Å². The number of nitrogens with zero attached hydrogens (tertiary/aromatic N) is 4. The van der Waals surface area contributed by atoms with Crippen molar-refractivity contribution in [2.24, 2.45) is 10.2 Å². The number of azo groups is 1. The number of likely N-dealkylation sites (tertiary alicyclic amines) is 1. The third-order valence-corrected chi connectivity index (χ3v) is 5.19. The van der Waals surface area contributed by atoms with Crippen LogP contribution in [0.5, 0.6) is 0 Å². The number of unbranched alkanes of at least 4 members (excludes halogenated alkanes) is 1. The summed E-state index contributed by atoms with van der Waals surface area (Å²) in [6, 6.07) is 14.9. The third kappa shape index (κ3) is 6.01. The number of allylic oxidation sites excluding steroid dienone is 1. The molecular weight excluding hydrogens is 390 g/mol. The fourth-order valence-corrected chi connectivity index (χ4v) is 3.35. The number of carbonyl (C=O) groups excluding carboxylic acids is 2. The molecule has 3 rings (SSSR count). The van der Waals surface area contributed by atoms with Gasteiger partial charge in [-0.1, -0.05) is 18.7 Å². The molecule has 7 nitrogen and oxygen atoms in total. The van der Waals surface area contributed by atoms with E-state index in [2.05, 4.69) is 22.1 Å². The third-order valence-electron chi connectivity index (χ3n) is 5.19. The highest BCUT2D eigenvalue weighted by atomic mass is 16.2. The number of amides is 2. The van der Waals surface area contributed by atoms with Gasteiger partial charge in [-0.3, -0.25) is 9.59 Å². The molecule has 2 aromatic carbocycles. The molecule has 0 radical (unpaired) electrons. The second kappa shape index (κ2) is 10.5. The monoisotopic (exact) mass is 419 g/mol. The number of hydrogen-bond donors (Lipinski definition) is 1. The maximum Gasteiger partial charge on any atom is 0.253 e. The van der Waals surface area contributed by atoms with Crippen molar-refractivity contribution < 1.29 is 9.59 Å². The molecule has 0 unspecified atom stereocenters. The quantitative estimate of drug-likeness (QED) is 0.468. The average molecular weight is 420 g/mol. The minimum Gasteiger partial charge on any atom is -0.378 e. The predicted molar refractivity (Wildman–Crippen MR) is 123 cm³/mol. The van der Waals surface area contributed by atoms with E-state index in [4.69, 9.17) is 0 Å². The van der Waals surface area contributed by atoms with Crippen LogP contribution in [0.2, 0.25) is 0 Å². The van der Waals surface area contributed by atoms with Crippen molar-refractivity contribution in [3.05, 3.63) is 66.4 Å². The van der Waals surface area contributed by atoms with Crippen LogP contribution in [0.25, 0.3) is 0 Å². The van der Waals surface area contributed by atoms with Crippen LogP contribution < -0.4 is 10.2 Å². The molecule has 162 valence electrons. The molecule has 1 heterocycles. The average Bonchev–Trinajstić information content (AvgIpc) is 3.09. The van der Waals surface area contributed by atoms with Crippen LogP contribution >= 0.6 is 0 Å². The van der Waals surface area contributed by atoms with E-state index in [-0.39, 0.29) is 11.8 Å². The molecule has 1 aliphatic heterocycles. The molecule has 1 aliphatic rings. The van der Waals surface area contributed by atoms with Gasteiger partial charge >= 0.3 is 0 Å². The second-order valence-electron chi connectivity index (χ2n) is 7.70. The van der Waals surface area contributed by atoms with Gasteiger partial charge < -0.3 is 15.1 Å². The van der Waals surface area contributed by atoms with Crippen LogP contribution in [0, 0.1) is 0 Å². The minimum absolute atomic E-state index is 0.143. The number of benzene rings is 2. The predicted octanol–water partition coefficient (Wildman–Crippen LogP) is 4.81. The maximum absolute atomic E-state index is 12.6. The highest BCUT2D eigenvalue weighted by Gasteiger charge is 2.23. The van der Waals surface area contributed by atoms with E-state index in [1.165, 1.54) is 0 Å². The Kier molecular flexibility index (Phi) is 7.54. The topological polar surface area (TPSA) is 77.4 Å². The Hall–Kier alpha value is -3.48. The lowest BCUT2D eigenvalue weighted by molar-refractivity contribution is -0.126. The summed E-state index contributed by atoms with van der Waals surface area (Å²) in [5.41, 5.74) is 3.70. The van der Waals surface area contributed by atoms with Gasteiger partial charge in [0.05, 0.1) is 16.9 Å². The van der Waals surface area contributed by atoms with Crippen LogP contribution in [0.15, 0.2) is 71.0 Å². The van der Waals surface area contributed by atoms with E-state index in [1.807, 2.05) is 55.4 Å². The molecule has 2 aromatic rings. The van der Waals surface area contributed by atoms with Crippen molar-refractivity contribution in [3.63, 3.8) is 0 Å². The van der Waals surface area contributed by atoms with Gasteiger partial charge in [-0.2, -0.15) is 5.11 Å². The lowest BCUT2D eigenvalue weighted by Gasteiger charge is -2.16. The molecule has 0 bridgehead atoms. The summed E-state index contributed by atoms with van der Waals surface area (Å²) in [5.74, 6) is -0.0381. The van der Waals surface area contributed by atoms with Crippen molar-refractivity contribution in [1.82, 2.24) is 10.2 Å². The first kappa shape index (κ1) is 22.2. The molecule has 0 aliphatic carbocycles. The fourth-order valence-electron chi connectivity index (χ4n) is 3.35. The zero-order valence-electron chi connectivity index (χ0n) is 18.2. The molecule has 2 amide bonds. The first-order valence-electron chi connectivity index (χ1n) is 10.5.